The summed E-state index contributed by atoms with van der Waals surface area (Å²) in [6, 6.07) is 10.2. The minimum atomic E-state index is -1.21. The van der Waals surface area contributed by atoms with Crippen molar-refractivity contribution in [1.82, 2.24) is 0 Å². The fourth-order valence-corrected chi connectivity index (χ4v) is 2.31. The van der Waals surface area contributed by atoms with Gasteiger partial charge in [0, 0.05) is 0 Å². The summed E-state index contributed by atoms with van der Waals surface area (Å²) < 4.78 is 32.2. The van der Waals surface area contributed by atoms with Gasteiger partial charge < -0.3 is 10.1 Å². The number of anilines is 1. The average molecular weight is 361 g/mol. The molecule has 1 amide bonds. The highest BCUT2D eigenvalue weighted by molar-refractivity contribution is 5.97. The van der Waals surface area contributed by atoms with E-state index in [4.69, 9.17) is 4.74 Å². The molecule has 138 valence electrons. The van der Waals surface area contributed by atoms with Crippen LogP contribution in [-0.4, -0.2) is 18.0 Å². The standard InChI is InChI=1S/C20H21F2NO3/c1-3-4-6-14-9-11-15(12-10-14)20(25)26-13(2)19(24)23-18-16(21)7-5-8-17(18)22/h5,7-13H,3-4,6H2,1-2H3,(H,23,24)/t13-/m0/s1. The molecule has 0 fully saturated rings. The second-order valence-electron chi connectivity index (χ2n) is 5.93. The van der Waals surface area contributed by atoms with Crippen molar-refractivity contribution in [3.05, 3.63) is 65.2 Å². The van der Waals surface area contributed by atoms with E-state index in [9.17, 15) is 18.4 Å². The van der Waals surface area contributed by atoms with E-state index >= 15 is 0 Å². The average Bonchev–Trinajstić information content (AvgIpc) is 2.63. The van der Waals surface area contributed by atoms with E-state index in [1.807, 2.05) is 12.1 Å². The predicted octanol–water partition coefficient (Wildman–Crippen LogP) is 4.49. The van der Waals surface area contributed by atoms with Crippen molar-refractivity contribution in [1.29, 1.82) is 0 Å². The number of rotatable bonds is 7. The maximum absolute atomic E-state index is 13.6. The molecule has 4 nitrogen and oxygen atoms in total. The van der Waals surface area contributed by atoms with Crippen molar-refractivity contribution in [3.63, 3.8) is 0 Å². The summed E-state index contributed by atoms with van der Waals surface area (Å²) in [5, 5.41) is 2.10. The van der Waals surface area contributed by atoms with Crippen LogP contribution >= 0.6 is 0 Å². The Kier molecular flexibility index (Phi) is 6.83. The molecule has 2 aromatic rings. The van der Waals surface area contributed by atoms with Crippen molar-refractivity contribution in [2.75, 3.05) is 5.32 Å². The lowest BCUT2D eigenvalue weighted by molar-refractivity contribution is -0.123. The number of carbonyl (C=O) groups excluding carboxylic acids is 2. The zero-order valence-electron chi connectivity index (χ0n) is 14.7. The molecule has 0 aliphatic rings. The number of carbonyl (C=O) groups is 2. The molecule has 2 aromatic carbocycles. The molecule has 0 bridgehead atoms. The lowest BCUT2D eigenvalue weighted by Gasteiger charge is -2.14. The van der Waals surface area contributed by atoms with Gasteiger partial charge in [0.15, 0.2) is 6.10 Å². The molecule has 0 saturated heterocycles. The number of nitrogens with one attached hydrogen (secondary N) is 1. The van der Waals surface area contributed by atoms with E-state index in [-0.39, 0.29) is 0 Å². The fourth-order valence-electron chi connectivity index (χ4n) is 2.31. The maximum Gasteiger partial charge on any atom is 0.338 e. The highest BCUT2D eigenvalue weighted by Crippen LogP contribution is 2.18. The molecule has 0 radical (unpaired) electrons. The Morgan fingerprint density at radius 3 is 2.27 bits per heavy atom. The molecule has 1 atom stereocenters. The van der Waals surface area contributed by atoms with Crippen LogP contribution in [0.3, 0.4) is 0 Å². The van der Waals surface area contributed by atoms with Gasteiger partial charge in [0.05, 0.1) is 5.56 Å². The zero-order valence-corrected chi connectivity index (χ0v) is 14.7. The summed E-state index contributed by atoms with van der Waals surface area (Å²) in [7, 11) is 0. The summed E-state index contributed by atoms with van der Waals surface area (Å²) in [4.78, 5) is 24.2. The van der Waals surface area contributed by atoms with Crippen LogP contribution in [0.2, 0.25) is 0 Å². The van der Waals surface area contributed by atoms with Gasteiger partial charge in [0.25, 0.3) is 5.91 Å². The first kappa shape index (κ1) is 19.6. The highest BCUT2D eigenvalue weighted by Gasteiger charge is 2.21. The third kappa shape index (κ3) is 5.12. The molecule has 0 unspecified atom stereocenters. The van der Waals surface area contributed by atoms with E-state index < -0.39 is 35.3 Å². The van der Waals surface area contributed by atoms with E-state index in [0.717, 1.165) is 37.0 Å². The smallest absolute Gasteiger partial charge is 0.338 e. The van der Waals surface area contributed by atoms with Crippen molar-refractivity contribution < 1.29 is 23.1 Å². The van der Waals surface area contributed by atoms with Crippen molar-refractivity contribution >= 4 is 17.6 Å². The lowest BCUT2D eigenvalue weighted by atomic mass is 10.1. The third-order valence-electron chi connectivity index (χ3n) is 3.87. The number of hydrogen-bond acceptors (Lipinski definition) is 3. The summed E-state index contributed by atoms with van der Waals surface area (Å²) in [6.45, 7) is 3.44. The number of benzene rings is 2. The Labute approximate surface area is 151 Å². The Bertz CT molecular complexity index is 755. The highest BCUT2D eigenvalue weighted by atomic mass is 19.1. The van der Waals surface area contributed by atoms with Gasteiger partial charge >= 0.3 is 5.97 Å². The number of hydrogen-bond donors (Lipinski definition) is 1. The first-order valence-electron chi connectivity index (χ1n) is 8.47. The van der Waals surface area contributed by atoms with Crippen LogP contribution < -0.4 is 5.32 Å². The molecule has 0 aromatic heterocycles. The van der Waals surface area contributed by atoms with Gasteiger partial charge in [0.2, 0.25) is 0 Å². The molecule has 0 heterocycles. The van der Waals surface area contributed by atoms with Crippen molar-refractivity contribution in [3.8, 4) is 0 Å². The van der Waals surface area contributed by atoms with Gasteiger partial charge in [-0.3, -0.25) is 4.79 Å². The molecule has 0 aliphatic carbocycles. The van der Waals surface area contributed by atoms with Gasteiger partial charge in [0.1, 0.15) is 17.3 Å². The molecule has 0 aliphatic heterocycles. The first-order chi connectivity index (χ1) is 12.4. The normalized spacial score (nSPS) is 11.7. The Morgan fingerprint density at radius 2 is 1.69 bits per heavy atom. The van der Waals surface area contributed by atoms with Gasteiger partial charge in [-0.25, -0.2) is 13.6 Å². The molecule has 26 heavy (non-hydrogen) atoms. The molecule has 6 heteroatoms. The van der Waals surface area contributed by atoms with Crippen LogP contribution in [0.25, 0.3) is 0 Å². The molecule has 0 saturated carbocycles. The number of halogens is 2. The number of unbranched alkanes of at least 4 members (excludes halogenated alkanes) is 1. The lowest BCUT2D eigenvalue weighted by Crippen LogP contribution is -2.30. The quantitative estimate of drug-likeness (QED) is 0.739. The fraction of sp³-hybridized carbons (Fsp3) is 0.300. The van der Waals surface area contributed by atoms with Gasteiger partial charge in [-0.15, -0.1) is 0 Å². The van der Waals surface area contributed by atoms with Crippen LogP contribution in [0.15, 0.2) is 42.5 Å². The van der Waals surface area contributed by atoms with Gasteiger partial charge in [-0.05, 0) is 49.6 Å². The molecule has 2 rings (SSSR count). The minimum absolute atomic E-state index is 0.307. The molecule has 1 N–H and O–H groups in total. The number of amides is 1. The summed E-state index contributed by atoms with van der Waals surface area (Å²) in [5.74, 6) is -3.30. The van der Waals surface area contributed by atoms with Crippen LogP contribution in [0, 0.1) is 11.6 Å². The minimum Gasteiger partial charge on any atom is -0.449 e. The number of para-hydroxylation sites is 1. The number of ether oxygens (including phenoxy) is 1. The first-order valence-corrected chi connectivity index (χ1v) is 8.47. The largest absolute Gasteiger partial charge is 0.449 e. The van der Waals surface area contributed by atoms with Gasteiger partial charge in [-0.2, -0.15) is 0 Å². The molecular formula is C20H21F2NO3. The van der Waals surface area contributed by atoms with E-state index in [0.29, 0.717) is 5.56 Å². The second-order valence-corrected chi connectivity index (χ2v) is 5.93. The molecular weight excluding hydrogens is 340 g/mol. The molecule has 0 spiro atoms. The van der Waals surface area contributed by atoms with E-state index in [1.165, 1.54) is 13.0 Å². The summed E-state index contributed by atoms with van der Waals surface area (Å²) >= 11 is 0. The summed E-state index contributed by atoms with van der Waals surface area (Å²) in [5.41, 5.74) is 0.854. The Morgan fingerprint density at radius 1 is 1.08 bits per heavy atom. The van der Waals surface area contributed by atoms with Crippen molar-refractivity contribution in [2.45, 2.75) is 39.2 Å². The van der Waals surface area contributed by atoms with Crippen LogP contribution in [0.5, 0.6) is 0 Å². The summed E-state index contributed by atoms with van der Waals surface area (Å²) in [6.07, 6.45) is 1.87. The predicted molar refractivity (Wildman–Crippen MR) is 94.9 cm³/mol. The maximum atomic E-state index is 13.6. The second kappa shape index (κ2) is 9.08. The van der Waals surface area contributed by atoms with Gasteiger partial charge in [-0.1, -0.05) is 31.5 Å². The third-order valence-corrected chi connectivity index (χ3v) is 3.87. The van der Waals surface area contributed by atoms with Crippen LogP contribution in [0.4, 0.5) is 14.5 Å². The Balaban J connectivity index is 1.96. The van der Waals surface area contributed by atoms with E-state index in [2.05, 4.69) is 12.2 Å². The van der Waals surface area contributed by atoms with E-state index in [1.54, 1.807) is 12.1 Å². The zero-order chi connectivity index (χ0) is 19.1. The Hall–Kier alpha value is -2.76. The number of aryl methyl sites for hydroxylation is 1. The van der Waals surface area contributed by atoms with Crippen molar-refractivity contribution in [2.24, 2.45) is 0 Å². The van der Waals surface area contributed by atoms with Crippen LogP contribution in [0.1, 0.15) is 42.6 Å². The number of esters is 1. The topological polar surface area (TPSA) is 55.4 Å². The van der Waals surface area contributed by atoms with Crippen LogP contribution in [-0.2, 0) is 16.0 Å². The SMILES string of the molecule is CCCCc1ccc(C(=O)O[C@@H](C)C(=O)Nc2c(F)cccc2F)cc1. The monoisotopic (exact) mass is 361 g/mol.